The number of carbonyl (C=O) groups excluding carboxylic acids is 1. The van der Waals surface area contributed by atoms with E-state index in [0.29, 0.717) is 0 Å². The fraction of sp³-hybridized carbons (Fsp3) is 0.316. The van der Waals surface area contributed by atoms with Crippen molar-refractivity contribution >= 4 is 28.5 Å². The molecular weight excluding hydrogens is 405 g/mol. The van der Waals surface area contributed by atoms with Crippen LogP contribution in [-0.2, 0) is 0 Å². The predicted octanol–water partition coefficient (Wildman–Crippen LogP) is 4.24. The molecule has 0 radical (unpaired) electrons. The van der Waals surface area contributed by atoms with E-state index < -0.39 is 35.9 Å². The number of amides is 1. The summed E-state index contributed by atoms with van der Waals surface area (Å²) in [6.07, 6.45) is -0.261. The fourth-order valence-electron chi connectivity index (χ4n) is 2.67. The maximum absolute atomic E-state index is 14.7. The van der Waals surface area contributed by atoms with E-state index in [1.54, 1.807) is 6.92 Å². The number of halogens is 3. The van der Waals surface area contributed by atoms with Gasteiger partial charge in [0.25, 0.3) is 5.91 Å². The predicted molar refractivity (Wildman–Crippen MR) is 107 cm³/mol. The molecule has 6 nitrogen and oxygen atoms in total. The number of thioether (sulfide) groups is 1. The molecule has 1 amide bonds. The first kappa shape index (κ1) is 22.5. The van der Waals surface area contributed by atoms with Crippen LogP contribution in [0.2, 0.25) is 0 Å². The molecule has 4 N–H and O–H groups in total. The lowest BCUT2D eigenvalue weighted by molar-refractivity contribution is 0.102. The van der Waals surface area contributed by atoms with E-state index in [0.717, 1.165) is 17.8 Å². The highest BCUT2D eigenvalue weighted by Gasteiger charge is 2.28. The molecule has 0 unspecified atom stereocenters. The number of aromatic nitrogens is 1. The molecule has 0 bridgehead atoms. The Balaban J connectivity index is 2.15. The first-order chi connectivity index (χ1) is 13.7. The maximum atomic E-state index is 14.7. The van der Waals surface area contributed by atoms with E-state index >= 15 is 0 Å². The molecule has 156 valence electrons. The monoisotopic (exact) mass is 426 g/mol. The minimum absolute atomic E-state index is 0.0463. The summed E-state index contributed by atoms with van der Waals surface area (Å²) < 4.78 is 45.7. The lowest BCUT2D eigenvalue weighted by atomic mass is 9.93. The van der Waals surface area contributed by atoms with Crippen molar-refractivity contribution in [2.75, 3.05) is 12.2 Å². The molecular formula is C19H21F3N4O2S. The zero-order valence-corrected chi connectivity index (χ0v) is 16.6. The Hall–Kier alpha value is -2.75. The molecule has 2 rings (SSSR count). The van der Waals surface area contributed by atoms with Crippen LogP contribution in [0.1, 0.15) is 35.8 Å². The van der Waals surface area contributed by atoms with Crippen LogP contribution in [0.4, 0.5) is 18.9 Å². The average molecular weight is 426 g/mol. The van der Waals surface area contributed by atoms with Crippen LogP contribution in [0.5, 0.6) is 5.75 Å². The van der Waals surface area contributed by atoms with Gasteiger partial charge >= 0.3 is 0 Å². The number of hydrogen-bond donors (Lipinski definition) is 3. The van der Waals surface area contributed by atoms with E-state index in [4.69, 9.17) is 11.1 Å². The summed E-state index contributed by atoms with van der Waals surface area (Å²) in [4.78, 5) is 16.2. The van der Waals surface area contributed by atoms with Crippen molar-refractivity contribution in [1.82, 2.24) is 4.98 Å². The molecule has 0 saturated heterocycles. The molecule has 0 saturated carbocycles. The Morgan fingerprint density at radius 3 is 2.66 bits per heavy atom. The Morgan fingerprint density at radius 1 is 1.34 bits per heavy atom. The number of rotatable bonds is 8. The number of alkyl halides is 2. The zero-order chi connectivity index (χ0) is 21.6. The summed E-state index contributed by atoms with van der Waals surface area (Å²) in [6.45, 7) is 2.08. The molecule has 0 aliphatic carbocycles. The lowest BCUT2D eigenvalue weighted by Crippen LogP contribution is -2.25. The smallest absolute Gasteiger partial charge is 0.274 e. The third-order valence-corrected chi connectivity index (χ3v) is 5.06. The van der Waals surface area contributed by atoms with E-state index in [2.05, 4.69) is 15.0 Å². The molecule has 0 aliphatic rings. The highest BCUT2D eigenvalue weighted by atomic mass is 32.2. The second-order valence-electron chi connectivity index (χ2n) is 6.24. The van der Waals surface area contributed by atoms with E-state index in [1.165, 1.54) is 37.4 Å². The van der Waals surface area contributed by atoms with E-state index in [1.807, 2.05) is 0 Å². The first-order valence-corrected chi connectivity index (χ1v) is 9.51. The molecule has 3 atom stereocenters. The maximum Gasteiger partial charge on any atom is 0.274 e. The largest absolute Gasteiger partial charge is 0.461 e. The number of anilines is 1. The quantitative estimate of drug-likeness (QED) is 0.433. The van der Waals surface area contributed by atoms with Gasteiger partial charge in [-0.05, 0) is 42.8 Å². The second-order valence-corrected chi connectivity index (χ2v) is 7.66. The Bertz CT molecular complexity index is 867. The summed E-state index contributed by atoms with van der Waals surface area (Å²) in [5.74, 6) is -1.83. The van der Waals surface area contributed by atoms with Crippen molar-refractivity contribution in [3.8, 4) is 5.75 Å². The Kier molecular flexibility index (Phi) is 7.89. The van der Waals surface area contributed by atoms with Crippen molar-refractivity contribution in [3.63, 3.8) is 0 Å². The number of carbonyl (C=O) groups is 1. The molecule has 0 aliphatic heterocycles. The molecule has 29 heavy (non-hydrogen) atoms. The molecule has 10 heteroatoms. The number of hydrogen-bond acceptors (Lipinski definition) is 5. The van der Waals surface area contributed by atoms with Crippen LogP contribution >= 0.6 is 11.8 Å². The Morgan fingerprint density at radius 2 is 2.07 bits per heavy atom. The van der Waals surface area contributed by atoms with Crippen molar-refractivity contribution in [2.24, 2.45) is 5.73 Å². The van der Waals surface area contributed by atoms with Gasteiger partial charge in [0.15, 0.2) is 5.17 Å². The first-order valence-electron chi connectivity index (χ1n) is 8.63. The lowest BCUT2D eigenvalue weighted by Gasteiger charge is -2.23. The standard InChI is InChI=1S/C19H21F3N4O2S/c1-10(17(22)11(2)29-19(23)24)14-7-12(3-5-15(14)21)26-18(27)16-6-4-13(8-25-16)28-9-20/h3-8,10-11,17H,9H2,1-2H3,(H3,23,24)(H,26,27)/t10-,11+,17+/m0/s1. The number of nitrogens with zero attached hydrogens (tertiary/aromatic N) is 1. The van der Waals surface area contributed by atoms with Gasteiger partial charge in [-0.3, -0.25) is 10.2 Å². The summed E-state index contributed by atoms with van der Waals surface area (Å²) in [5.41, 5.74) is 5.69. The zero-order valence-electron chi connectivity index (χ0n) is 15.8. The van der Waals surface area contributed by atoms with Crippen LogP contribution < -0.4 is 15.8 Å². The van der Waals surface area contributed by atoms with Gasteiger partial charge in [0.1, 0.15) is 23.4 Å². The van der Waals surface area contributed by atoms with E-state index in [-0.39, 0.29) is 27.9 Å². The SMILES string of the molecule is C[C@@H](SC(=N)N)[C@H](F)[C@@H](C)c1cc(NC(=O)c2ccc(OCF)cn2)ccc1F. The van der Waals surface area contributed by atoms with Gasteiger partial charge in [0.2, 0.25) is 6.86 Å². The summed E-state index contributed by atoms with van der Waals surface area (Å²) in [7, 11) is 0. The van der Waals surface area contributed by atoms with Gasteiger partial charge in [0, 0.05) is 16.9 Å². The van der Waals surface area contributed by atoms with Crippen LogP contribution in [0.25, 0.3) is 0 Å². The van der Waals surface area contributed by atoms with Gasteiger partial charge in [-0.25, -0.2) is 18.2 Å². The minimum atomic E-state index is -1.46. The topological polar surface area (TPSA) is 101 Å². The van der Waals surface area contributed by atoms with Gasteiger partial charge in [-0.2, -0.15) is 0 Å². The van der Waals surface area contributed by atoms with Crippen LogP contribution in [-0.4, -0.2) is 34.3 Å². The third kappa shape index (κ3) is 6.11. The normalized spacial score (nSPS) is 14.0. The van der Waals surface area contributed by atoms with Gasteiger partial charge in [-0.1, -0.05) is 18.7 Å². The summed E-state index contributed by atoms with van der Waals surface area (Å²) in [5, 5.41) is 8.96. The minimum Gasteiger partial charge on any atom is -0.461 e. The van der Waals surface area contributed by atoms with Crippen molar-refractivity contribution in [2.45, 2.75) is 31.2 Å². The number of nitrogens with two attached hydrogens (primary N) is 1. The molecule has 2 aromatic rings. The number of pyridine rings is 1. The van der Waals surface area contributed by atoms with Gasteiger partial charge in [-0.15, -0.1) is 0 Å². The molecule has 1 heterocycles. The highest BCUT2D eigenvalue weighted by molar-refractivity contribution is 8.14. The molecule has 0 fully saturated rings. The number of ether oxygens (including phenoxy) is 1. The van der Waals surface area contributed by atoms with Crippen LogP contribution in [0.15, 0.2) is 36.5 Å². The third-order valence-electron chi connectivity index (χ3n) is 4.17. The highest BCUT2D eigenvalue weighted by Crippen LogP contribution is 2.32. The summed E-state index contributed by atoms with van der Waals surface area (Å²) >= 11 is 0.860. The molecule has 1 aromatic carbocycles. The van der Waals surface area contributed by atoms with Crippen molar-refractivity contribution in [3.05, 3.63) is 53.6 Å². The van der Waals surface area contributed by atoms with Crippen LogP contribution in [0, 0.1) is 11.2 Å². The summed E-state index contributed by atoms with van der Waals surface area (Å²) in [6, 6.07) is 6.59. The van der Waals surface area contributed by atoms with Crippen molar-refractivity contribution < 1.29 is 22.7 Å². The van der Waals surface area contributed by atoms with Gasteiger partial charge in [0.05, 0.1) is 6.20 Å². The number of nitrogens with one attached hydrogen (secondary N) is 2. The number of amidine groups is 1. The molecule has 1 aromatic heterocycles. The Labute approximate surface area is 170 Å². The van der Waals surface area contributed by atoms with E-state index in [9.17, 15) is 18.0 Å². The van der Waals surface area contributed by atoms with Crippen LogP contribution in [0.3, 0.4) is 0 Å². The molecule has 0 spiro atoms. The average Bonchev–Trinajstić information content (AvgIpc) is 2.68. The van der Waals surface area contributed by atoms with Gasteiger partial charge < -0.3 is 15.8 Å². The fourth-order valence-corrected chi connectivity index (χ4v) is 3.44. The second kappa shape index (κ2) is 10.1. The van der Waals surface area contributed by atoms with Crippen molar-refractivity contribution in [1.29, 1.82) is 5.41 Å². The number of benzene rings is 1.